The number of nitrogens with two attached hydrogens (primary N) is 1. The van der Waals surface area contributed by atoms with Gasteiger partial charge in [0, 0.05) is 0 Å². The van der Waals surface area contributed by atoms with Crippen LogP contribution >= 0.6 is 0 Å². The van der Waals surface area contributed by atoms with Gasteiger partial charge < -0.3 is 4.74 Å². The minimum Gasteiger partial charge on any atom is -0.374 e. The highest BCUT2D eigenvalue weighted by Gasteiger charge is 2.13. The van der Waals surface area contributed by atoms with Crippen molar-refractivity contribution in [1.82, 2.24) is 0 Å². The van der Waals surface area contributed by atoms with E-state index < -0.39 is 10.0 Å². The Morgan fingerprint density at radius 3 is 2.35 bits per heavy atom. The number of rotatable bonds is 6. The average molecular weight is 257 g/mol. The van der Waals surface area contributed by atoms with Crippen molar-refractivity contribution in [2.45, 2.75) is 20.0 Å². The Morgan fingerprint density at radius 2 is 1.82 bits per heavy atom. The molecular weight excluding hydrogens is 238 g/mol. The monoisotopic (exact) mass is 257 g/mol. The lowest BCUT2D eigenvalue weighted by atomic mass is 10.1. The van der Waals surface area contributed by atoms with Crippen LogP contribution in [0.25, 0.3) is 0 Å². The smallest absolute Gasteiger partial charge is 0.209 e. The highest BCUT2D eigenvalue weighted by Crippen LogP contribution is 2.17. The second-order valence-electron chi connectivity index (χ2n) is 4.32. The molecule has 0 radical (unpaired) electrons. The number of hydrogen-bond acceptors (Lipinski definition) is 3. The van der Waals surface area contributed by atoms with Gasteiger partial charge in [-0.05, 0) is 18.4 Å². The van der Waals surface area contributed by atoms with Crippen molar-refractivity contribution in [3.8, 4) is 0 Å². The molecule has 1 aromatic rings. The van der Waals surface area contributed by atoms with Gasteiger partial charge in [-0.2, -0.15) is 0 Å². The molecule has 5 heteroatoms. The van der Waals surface area contributed by atoms with Gasteiger partial charge in [0.25, 0.3) is 0 Å². The summed E-state index contributed by atoms with van der Waals surface area (Å²) in [5, 5.41) is 4.97. The van der Waals surface area contributed by atoms with E-state index in [1.54, 1.807) is 0 Å². The van der Waals surface area contributed by atoms with Crippen LogP contribution in [0.2, 0.25) is 0 Å². The first-order valence-corrected chi connectivity index (χ1v) is 7.27. The molecule has 2 N–H and O–H groups in total. The fraction of sp³-hybridized carbons (Fsp3) is 0.500. The van der Waals surface area contributed by atoms with E-state index in [0.717, 1.165) is 5.56 Å². The molecule has 0 bridgehead atoms. The fourth-order valence-corrected chi connectivity index (χ4v) is 2.46. The Kier molecular flexibility index (Phi) is 5.11. The zero-order valence-corrected chi connectivity index (χ0v) is 11.0. The zero-order valence-electron chi connectivity index (χ0n) is 10.2. The van der Waals surface area contributed by atoms with Gasteiger partial charge in [0.1, 0.15) is 0 Å². The van der Waals surface area contributed by atoms with Crippen LogP contribution in [0.3, 0.4) is 0 Å². The minimum atomic E-state index is -3.42. The second kappa shape index (κ2) is 6.14. The van der Waals surface area contributed by atoms with E-state index in [4.69, 9.17) is 9.88 Å². The van der Waals surface area contributed by atoms with Crippen LogP contribution in [-0.4, -0.2) is 20.8 Å². The lowest BCUT2D eigenvalue weighted by molar-refractivity contribution is 0.0475. The van der Waals surface area contributed by atoms with Crippen molar-refractivity contribution in [3.63, 3.8) is 0 Å². The predicted octanol–water partition coefficient (Wildman–Crippen LogP) is 1.69. The minimum absolute atomic E-state index is 0.0425. The van der Waals surface area contributed by atoms with Gasteiger partial charge in [0.05, 0.1) is 18.5 Å². The summed E-state index contributed by atoms with van der Waals surface area (Å²) >= 11 is 0. The van der Waals surface area contributed by atoms with Crippen LogP contribution in [0, 0.1) is 5.92 Å². The van der Waals surface area contributed by atoms with E-state index in [1.165, 1.54) is 0 Å². The lowest BCUT2D eigenvalue weighted by Crippen LogP contribution is -2.24. The Balaban J connectivity index is 2.41. The summed E-state index contributed by atoms with van der Waals surface area (Å²) < 4.78 is 27.4. The Hall–Kier alpha value is -0.910. The lowest BCUT2D eigenvalue weighted by Gasteiger charge is -2.16. The third kappa shape index (κ3) is 5.81. The molecule has 0 saturated carbocycles. The van der Waals surface area contributed by atoms with E-state index in [-0.39, 0.29) is 17.8 Å². The van der Waals surface area contributed by atoms with E-state index in [0.29, 0.717) is 6.61 Å². The molecule has 0 spiro atoms. The summed E-state index contributed by atoms with van der Waals surface area (Å²) in [7, 11) is -3.42. The van der Waals surface area contributed by atoms with Gasteiger partial charge in [-0.3, -0.25) is 0 Å². The maximum atomic E-state index is 10.9. The molecule has 96 valence electrons. The van der Waals surface area contributed by atoms with Crippen molar-refractivity contribution < 1.29 is 13.2 Å². The maximum absolute atomic E-state index is 10.9. The molecule has 0 aliphatic rings. The first-order valence-electron chi connectivity index (χ1n) is 5.55. The number of sulfonamides is 1. The van der Waals surface area contributed by atoms with E-state index in [9.17, 15) is 8.42 Å². The topological polar surface area (TPSA) is 69.4 Å². The first-order chi connectivity index (χ1) is 7.88. The van der Waals surface area contributed by atoms with Gasteiger partial charge in [0.2, 0.25) is 10.0 Å². The third-order valence-corrected chi connectivity index (χ3v) is 3.45. The van der Waals surface area contributed by atoms with Crippen LogP contribution in [0.5, 0.6) is 0 Å². The van der Waals surface area contributed by atoms with Crippen molar-refractivity contribution in [1.29, 1.82) is 0 Å². The highest BCUT2D eigenvalue weighted by atomic mass is 32.2. The van der Waals surface area contributed by atoms with Crippen molar-refractivity contribution in [2.75, 3.05) is 12.4 Å². The van der Waals surface area contributed by atoms with Crippen LogP contribution in [0.15, 0.2) is 30.3 Å². The van der Waals surface area contributed by atoms with Crippen LogP contribution < -0.4 is 5.14 Å². The Bertz CT molecular complexity index is 430. The molecule has 2 atom stereocenters. The van der Waals surface area contributed by atoms with Gasteiger partial charge >= 0.3 is 0 Å². The SMILES string of the molecule is CC(COC(C)c1ccccc1)CS(N)(=O)=O. The molecule has 0 aromatic heterocycles. The third-order valence-electron chi connectivity index (χ3n) is 2.42. The summed E-state index contributed by atoms with van der Waals surface area (Å²) in [4.78, 5) is 0. The molecule has 2 unspecified atom stereocenters. The first kappa shape index (κ1) is 14.2. The molecule has 17 heavy (non-hydrogen) atoms. The standard InChI is InChI=1S/C12H19NO3S/c1-10(9-17(13,14)15)8-16-11(2)12-6-4-3-5-7-12/h3-7,10-11H,8-9H2,1-2H3,(H2,13,14,15). The highest BCUT2D eigenvalue weighted by molar-refractivity contribution is 7.89. The zero-order chi connectivity index (χ0) is 12.9. The predicted molar refractivity (Wildman–Crippen MR) is 67.9 cm³/mol. The molecule has 0 amide bonds. The number of ether oxygens (including phenoxy) is 1. The van der Waals surface area contributed by atoms with E-state index in [2.05, 4.69) is 0 Å². The summed E-state index contributed by atoms with van der Waals surface area (Å²) in [5.41, 5.74) is 1.08. The normalized spacial score (nSPS) is 15.5. The van der Waals surface area contributed by atoms with Crippen molar-refractivity contribution in [3.05, 3.63) is 35.9 Å². The Morgan fingerprint density at radius 1 is 1.24 bits per heavy atom. The van der Waals surface area contributed by atoms with E-state index >= 15 is 0 Å². The summed E-state index contributed by atoms with van der Waals surface area (Å²) in [6, 6.07) is 9.80. The summed E-state index contributed by atoms with van der Waals surface area (Å²) in [5.74, 6) is -0.148. The van der Waals surface area contributed by atoms with Crippen molar-refractivity contribution in [2.24, 2.45) is 11.1 Å². The van der Waals surface area contributed by atoms with Gasteiger partial charge in [-0.15, -0.1) is 0 Å². The largest absolute Gasteiger partial charge is 0.374 e. The van der Waals surface area contributed by atoms with Gasteiger partial charge in [-0.1, -0.05) is 37.3 Å². The number of hydrogen-bond donors (Lipinski definition) is 1. The average Bonchev–Trinajstić information content (AvgIpc) is 2.25. The second-order valence-corrected chi connectivity index (χ2v) is 5.98. The molecule has 1 rings (SSSR count). The number of benzene rings is 1. The quantitative estimate of drug-likeness (QED) is 0.843. The van der Waals surface area contributed by atoms with Crippen molar-refractivity contribution >= 4 is 10.0 Å². The molecule has 0 aliphatic carbocycles. The maximum Gasteiger partial charge on any atom is 0.209 e. The fourth-order valence-electron chi connectivity index (χ4n) is 1.57. The molecule has 4 nitrogen and oxygen atoms in total. The molecule has 0 heterocycles. The summed E-state index contributed by atoms with van der Waals surface area (Å²) in [6.45, 7) is 4.13. The molecule has 0 saturated heterocycles. The van der Waals surface area contributed by atoms with Crippen LogP contribution in [-0.2, 0) is 14.8 Å². The molecule has 0 aliphatic heterocycles. The molecular formula is C12H19NO3S. The van der Waals surface area contributed by atoms with Gasteiger partial charge in [-0.25, -0.2) is 13.6 Å². The van der Waals surface area contributed by atoms with Crippen LogP contribution in [0.1, 0.15) is 25.5 Å². The van der Waals surface area contributed by atoms with Gasteiger partial charge in [0.15, 0.2) is 0 Å². The number of primary sulfonamides is 1. The molecule has 1 aromatic carbocycles. The summed E-state index contributed by atoms with van der Waals surface area (Å²) in [6.07, 6.45) is -0.0425. The van der Waals surface area contributed by atoms with E-state index in [1.807, 2.05) is 44.2 Å². The molecule has 0 fully saturated rings. The Labute approximate surface area is 103 Å². The van der Waals surface area contributed by atoms with Crippen LogP contribution in [0.4, 0.5) is 0 Å².